The zero-order valence-electron chi connectivity index (χ0n) is 19.1. The van der Waals surface area contributed by atoms with Crippen LogP contribution in [0.3, 0.4) is 0 Å². The Labute approximate surface area is 211 Å². The van der Waals surface area contributed by atoms with Crippen LogP contribution in [-0.2, 0) is 33.4 Å². The predicted octanol–water partition coefficient (Wildman–Crippen LogP) is -0.117. The van der Waals surface area contributed by atoms with Crippen molar-refractivity contribution in [3.63, 3.8) is 0 Å². The van der Waals surface area contributed by atoms with Gasteiger partial charge in [-0.3, -0.25) is 33.8 Å². The van der Waals surface area contributed by atoms with Crippen LogP contribution >= 0.6 is 12.2 Å². The van der Waals surface area contributed by atoms with E-state index in [2.05, 4.69) is 31.8 Å². The van der Waals surface area contributed by atoms with Crippen LogP contribution in [0.1, 0.15) is 11.6 Å². The van der Waals surface area contributed by atoms with Gasteiger partial charge in [0, 0.05) is 25.7 Å². The van der Waals surface area contributed by atoms with Crippen LogP contribution < -0.4 is 0 Å². The molecule has 14 nitrogen and oxygen atoms in total. The first-order valence-electron chi connectivity index (χ1n) is 10.3. The van der Waals surface area contributed by atoms with Gasteiger partial charge in [0.05, 0.1) is 30.5 Å². The van der Waals surface area contributed by atoms with Crippen LogP contribution in [0.5, 0.6) is 0 Å². The van der Waals surface area contributed by atoms with Crippen LogP contribution in [0, 0.1) is 0 Å². The topological polar surface area (TPSA) is 187 Å². The molecule has 1 atom stereocenters. The van der Waals surface area contributed by atoms with Crippen molar-refractivity contribution in [3.05, 3.63) is 29.8 Å². The van der Waals surface area contributed by atoms with Crippen molar-refractivity contribution in [1.29, 1.82) is 0 Å². The first-order valence-corrected chi connectivity index (χ1v) is 10.7. The average molecular weight is 527 g/mol. The van der Waals surface area contributed by atoms with E-state index in [1.165, 1.54) is 14.7 Å². The second-order valence-electron chi connectivity index (χ2n) is 7.31. The summed E-state index contributed by atoms with van der Waals surface area (Å²) in [4.78, 5) is 63.4. The maximum Gasteiger partial charge on any atom is 0.317 e. The van der Waals surface area contributed by atoms with Crippen molar-refractivity contribution < 1.29 is 48.8 Å². The zero-order valence-corrected chi connectivity index (χ0v) is 19.9. The summed E-state index contributed by atoms with van der Waals surface area (Å²) >= 11 is 4.58. The fraction of sp³-hybridized carbons (Fsp3) is 0.429. The Hall–Kier alpha value is -3.75. The molecule has 0 amide bonds. The van der Waals surface area contributed by atoms with Gasteiger partial charge >= 0.3 is 17.9 Å². The third-order valence-electron chi connectivity index (χ3n) is 4.74. The van der Waals surface area contributed by atoms with Crippen LogP contribution in [-0.4, -0.2) is 119 Å². The second kappa shape index (κ2) is 16.8. The number of carbonyl (C=O) groups is 5. The quantitative estimate of drug-likeness (QED) is 0.0883. The molecule has 1 aromatic carbocycles. The Morgan fingerprint density at radius 1 is 0.889 bits per heavy atom. The van der Waals surface area contributed by atoms with Crippen molar-refractivity contribution in [3.8, 4) is 0 Å². The normalized spacial score (nSPS) is 11.5. The predicted molar refractivity (Wildman–Crippen MR) is 126 cm³/mol. The largest absolute Gasteiger partial charge is 0.480 e. The standard InChI is InChI=1S/C21H26N4O10S/c26-14-34-12-24(13-35-15-27)6-5-23(8-19(28)29)7-18(25(9-20(30)31)10-21(32)33)16-1-3-17(4-2-16)22-11-36/h1-4,14-15,18H,5-10,12-13H2,(H,28,29)(H,30,31)(H,32,33). The van der Waals surface area contributed by atoms with Crippen LogP contribution in [0.4, 0.5) is 5.69 Å². The Morgan fingerprint density at radius 2 is 1.39 bits per heavy atom. The lowest BCUT2D eigenvalue weighted by Crippen LogP contribution is -2.46. The van der Waals surface area contributed by atoms with Gasteiger partial charge in [-0.25, -0.2) is 4.90 Å². The summed E-state index contributed by atoms with van der Waals surface area (Å²) in [5, 5.41) is 30.3. The third-order valence-corrected chi connectivity index (χ3v) is 4.83. The molecule has 1 aromatic rings. The highest BCUT2D eigenvalue weighted by molar-refractivity contribution is 7.78. The van der Waals surface area contributed by atoms with Crippen molar-refractivity contribution in [2.24, 2.45) is 4.99 Å². The molecule has 1 rings (SSSR count). The van der Waals surface area contributed by atoms with E-state index in [1.807, 2.05) is 0 Å². The molecule has 15 heteroatoms. The highest BCUT2D eigenvalue weighted by Crippen LogP contribution is 2.25. The van der Waals surface area contributed by atoms with E-state index in [1.54, 1.807) is 24.3 Å². The fourth-order valence-electron chi connectivity index (χ4n) is 3.27. The van der Waals surface area contributed by atoms with E-state index < -0.39 is 43.6 Å². The van der Waals surface area contributed by atoms with Gasteiger partial charge in [-0.2, -0.15) is 4.99 Å². The fourth-order valence-corrected chi connectivity index (χ4v) is 3.38. The number of hydrogen-bond donors (Lipinski definition) is 3. The van der Waals surface area contributed by atoms with E-state index in [0.717, 1.165) is 0 Å². The molecule has 0 aliphatic heterocycles. The lowest BCUT2D eigenvalue weighted by atomic mass is 10.0. The van der Waals surface area contributed by atoms with E-state index in [0.29, 0.717) is 11.3 Å². The average Bonchev–Trinajstić information content (AvgIpc) is 2.81. The molecule has 0 spiro atoms. The Balaban J connectivity index is 3.27. The van der Waals surface area contributed by atoms with Crippen molar-refractivity contribution in [2.45, 2.75) is 6.04 Å². The van der Waals surface area contributed by atoms with E-state index in [4.69, 9.17) is 0 Å². The SMILES string of the molecule is O=COCN(CCN(CC(=O)O)CC(c1ccc(N=C=S)cc1)N(CC(=O)O)CC(=O)O)COC=O. The van der Waals surface area contributed by atoms with Gasteiger partial charge in [-0.05, 0) is 29.9 Å². The van der Waals surface area contributed by atoms with E-state index >= 15 is 0 Å². The van der Waals surface area contributed by atoms with Crippen molar-refractivity contribution in [1.82, 2.24) is 14.7 Å². The molecule has 36 heavy (non-hydrogen) atoms. The van der Waals surface area contributed by atoms with Crippen LogP contribution in [0.2, 0.25) is 0 Å². The zero-order chi connectivity index (χ0) is 26.9. The number of rotatable bonds is 20. The summed E-state index contributed by atoms with van der Waals surface area (Å²) in [7, 11) is 0. The number of nitrogens with zero attached hydrogens (tertiary/aromatic N) is 4. The minimum Gasteiger partial charge on any atom is -0.480 e. The van der Waals surface area contributed by atoms with E-state index in [9.17, 15) is 39.3 Å². The Kier molecular flexibility index (Phi) is 14.1. The molecule has 1 unspecified atom stereocenters. The van der Waals surface area contributed by atoms with Gasteiger partial charge in [-0.1, -0.05) is 12.1 Å². The minimum absolute atomic E-state index is 0.0640. The molecule has 0 aliphatic rings. The maximum absolute atomic E-state index is 11.5. The summed E-state index contributed by atoms with van der Waals surface area (Å²) in [5.41, 5.74) is 0.987. The number of aliphatic carboxylic acids is 3. The summed E-state index contributed by atoms with van der Waals surface area (Å²) in [5.74, 6) is -3.71. The molecule has 0 fully saturated rings. The minimum atomic E-state index is -1.27. The summed E-state index contributed by atoms with van der Waals surface area (Å²) in [6.45, 7) is -1.67. The smallest absolute Gasteiger partial charge is 0.317 e. The summed E-state index contributed by atoms with van der Waals surface area (Å²) in [6.07, 6.45) is 0. The van der Waals surface area contributed by atoms with Gasteiger partial charge in [0.15, 0.2) is 0 Å². The van der Waals surface area contributed by atoms with Gasteiger partial charge in [0.25, 0.3) is 12.9 Å². The molecule has 196 valence electrons. The third kappa shape index (κ3) is 12.1. The maximum atomic E-state index is 11.5. The number of carbonyl (C=O) groups excluding carboxylic acids is 2. The Bertz CT molecular complexity index is 911. The lowest BCUT2D eigenvalue weighted by molar-refractivity contribution is -0.145. The number of carboxylic acid groups (broad SMARTS) is 3. The Morgan fingerprint density at radius 3 is 1.83 bits per heavy atom. The molecule has 3 N–H and O–H groups in total. The van der Waals surface area contributed by atoms with Gasteiger partial charge in [0.2, 0.25) is 0 Å². The molecule has 0 radical (unpaired) electrons. The van der Waals surface area contributed by atoms with Crippen molar-refractivity contribution >= 4 is 53.9 Å². The number of isothiocyanates is 1. The van der Waals surface area contributed by atoms with E-state index in [-0.39, 0.29) is 46.0 Å². The second-order valence-corrected chi connectivity index (χ2v) is 7.49. The number of benzene rings is 1. The number of carboxylic acids is 3. The molecule has 0 heterocycles. The summed E-state index contributed by atoms with van der Waals surface area (Å²) in [6, 6.07) is 5.53. The van der Waals surface area contributed by atoms with Crippen LogP contribution in [0.15, 0.2) is 29.3 Å². The molecule has 0 bridgehead atoms. The number of ether oxygens (including phenoxy) is 2. The first-order chi connectivity index (χ1) is 17.2. The molecule has 0 aliphatic carbocycles. The lowest BCUT2D eigenvalue weighted by Gasteiger charge is -2.34. The van der Waals surface area contributed by atoms with Crippen molar-refractivity contribution in [2.75, 3.05) is 52.7 Å². The summed E-state index contributed by atoms with van der Waals surface area (Å²) < 4.78 is 9.34. The van der Waals surface area contributed by atoms with Crippen LogP contribution in [0.25, 0.3) is 0 Å². The monoisotopic (exact) mass is 526 g/mol. The molecular weight excluding hydrogens is 500 g/mol. The highest BCUT2D eigenvalue weighted by atomic mass is 32.1. The molecule has 0 saturated carbocycles. The number of aliphatic imine (C=N–C) groups is 1. The number of hydrogen-bond acceptors (Lipinski definition) is 12. The molecule has 0 saturated heterocycles. The highest BCUT2D eigenvalue weighted by Gasteiger charge is 2.28. The van der Waals surface area contributed by atoms with Gasteiger partial charge in [-0.15, -0.1) is 0 Å². The van der Waals surface area contributed by atoms with Gasteiger partial charge < -0.3 is 24.8 Å². The first kappa shape index (κ1) is 30.3. The molecular formula is C21H26N4O10S. The molecule has 0 aromatic heterocycles. The van der Waals surface area contributed by atoms with Gasteiger partial charge in [0.1, 0.15) is 13.5 Å². The number of thiocarbonyl (C=S) groups is 1.